The fourth-order valence-electron chi connectivity index (χ4n) is 2.81. The molecule has 3 nitrogen and oxygen atoms in total. The first-order valence-electron chi connectivity index (χ1n) is 7.83. The van der Waals surface area contributed by atoms with Crippen LogP contribution < -0.4 is 15.4 Å². The van der Waals surface area contributed by atoms with E-state index in [2.05, 4.69) is 17.6 Å². The Morgan fingerprint density at radius 1 is 1.24 bits per heavy atom. The smallest absolute Gasteiger partial charge is 0.171 e. The summed E-state index contributed by atoms with van der Waals surface area (Å²) in [4.78, 5) is 0. The minimum absolute atomic E-state index is 0.133. The van der Waals surface area contributed by atoms with Crippen molar-refractivity contribution in [3.63, 3.8) is 0 Å². The highest BCUT2D eigenvalue weighted by molar-refractivity contribution is 7.80. The second kappa shape index (κ2) is 7.12. The van der Waals surface area contributed by atoms with Gasteiger partial charge in [-0.2, -0.15) is 0 Å². The number of anilines is 1. The van der Waals surface area contributed by atoms with Crippen LogP contribution in [0.2, 0.25) is 0 Å². The van der Waals surface area contributed by atoms with Gasteiger partial charge in [0.25, 0.3) is 0 Å². The van der Waals surface area contributed by atoms with Gasteiger partial charge in [-0.05, 0) is 58.0 Å². The van der Waals surface area contributed by atoms with Gasteiger partial charge in [0.15, 0.2) is 5.11 Å². The number of nitrogens with one attached hydrogen (secondary N) is 2. The lowest BCUT2D eigenvalue weighted by Crippen LogP contribution is -2.48. The third kappa shape index (κ3) is 5.20. The zero-order valence-corrected chi connectivity index (χ0v) is 14.1. The Kier molecular flexibility index (Phi) is 5.45. The molecule has 1 saturated carbocycles. The summed E-state index contributed by atoms with van der Waals surface area (Å²) in [6, 6.07) is 7.93. The zero-order valence-electron chi connectivity index (χ0n) is 13.2. The highest BCUT2D eigenvalue weighted by Crippen LogP contribution is 2.27. The summed E-state index contributed by atoms with van der Waals surface area (Å²) in [5.41, 5.74) is 1.10. The minimum atomic E-state index is 0.133. The number of thiocarbonyl (C=S) groups is 1. The molecule has 1 aliphatic rings. The van der Waals surface area contributed by atoms with Crippen LogP contribution in [0, 0.1) is 0 Å². The van der Waals surface area contributed by atoms with Crippen LogP contribution >= 0.6 is 12.2 Å². The lowest BCUT2D eigenvalue weighted by Gasteiger charge is -2.35. The average Bonchev–Trinajstić information content (AvgIpc) is 2.38. The molecule has 0 aromatic heterocycles. The molecule has 21 heavy (non-hydrogen) atoms. The Morgan fingerprint density at radius 3 is 2.62 bits per heavy atom. The van der Waals surface area contributed by atoms with Gasteiger partial charge < -0.3 is 15.4 Å². The molecule has 1 aliphatic carbocycles. The van der Waals surface area contributed by atoms with Crippen molar-refractivity contribution < 1.29 is 4.74 Å². The van der Waals surface area contributed by atoms with Crippen LogP contribution in [0.1, 0.15) is 52.9 Å². The molecule has 0 amide bonds. The van der Waals surface area contributed by atoms with Gasteiger partial charge in [-0.3, -0.25) is 0 Å². The Labute approximate surface area is 133 Å². The summed E-state index contributed by atoms with van der Waals surface area (Å²) >= 11 is 5.46. The predicted octanol–water partition coefficient (Wildman–Crippen LogP) is 4.48. The molecule has 0 bridgehead atoms. The van der Waals surface area contributed by atoms with Crippen molar-refractivity contribution in [3.05, 3.63) is 24.3 Å². The molecule has 0 aliphatic heterocycles. The Hall–Kier alpha value is -1.29. The zero-order chi connectivity index (χ0) is 15.3. The number of hydrogen-bond acceptors (Lipinski definition) is 2. The second-order valence-electron chi connectivity index (χ2n) is 6.39. The molecule has 4 heteroatoms. The standard InChI is InChI=1S/C17H26N2OS/c1-13(2)20-15-9-7-8-14(12-15)18-16(21)19-17(3)10-5-4-6-11-17/h7-9,12-13H,4-6,10-11H2,1-3H3,(H2,18,19,21). The molecule has 2 N–H and O–H groups in total. The van der Waals surface area contributed by atoms with Gasteiger partial charge in [0, 0.05) is 17.3 Å². The normalized spacial score (nSPS) is 17.3. The topological polar surface area (TPSA) is 33.3 Å². The lowest BCUT2D eigenvalue weighted by molar-refractivity contribution is 0.242. The van der Waals surface area contributed by atoms with E-state index in [-0.39, 0.29) is 11.6 Å². The van der Waals surface area contributed by atoms with Gasteiger partial charge in [0.2, 0.25) is 0 Å². The number of rotatable bonds is 4. The van der Waals surface area contributed by atoms with Crippen LogP contribution in [0.15, 0.2) is 24.3 Å². The molecular weight excluding hydrogens is 280 g/mol. The van der Waals surface area contributed by atoms with Gasteiger partial charge in [-0.15, -0.1) is 0 Å². The van der Waals surface area contributed by atoms with E-state index in [0.29, 0.717) is 5.11 Å². The third-order valence-electron chi connectivity index (χ3n) is 3.84. The third-order valence-corrected chi connectivity index (χ3v) is 4.04. The van der Waals surface area contributed by atoms with Crippen LogP contribution in [-0.2, 0) is 0 Å². The summed E-state index contributed by atoms with van der Waals surface area (Å²) in [7, 11) is 0. The van der Waals surface area contributed by atoms with Crippen LogP contribution in [0.4, 0.5) is 5.69 Å². The van der Waals surface area contributed by atoms with E-state index < -0.39 is 0 Å². The average molecular weight is 306 g/mol. The first kappa shape index (κ1) is 16.1. The molecule has 0 unspecified atom stereocenters. The van der Waals surface area contributed by atoms with Crippen molar-refractivity contribution >= 4 is 23.0 Å². The van der Waals surface area contributed by atoms with Gasteiger partial charge in [0.05, 0.1) is 6.10 Å². The van der Waals surface area contributed by atoms with E-state index in [0.717, 1.165) is 11.4 Å². The molecule has 0 radical (unpaired) electrons. The van der Waals surface area contributed by atoms with Crippen LogP contribution in [0.3, 0.4) is 0 Å². The van der Waals surface area contributed by atoms with Crippen molar-refractivity contribution in [1.82, 2.24) is 5.32 Å². The molecule has 2 rings (SSSR count). The molecule has 116 valence electrons. The molecule has 0 saturated heterocycles. The Morgan fingerprint density at radius 2 is 1.95 bits per heavy atom. The van der Waals surface area contributed by atoms with Crippen LogP contribution in [0.5, 0.6) is 5.75 Å². The van der Waals surface area contributed by atoms with Gasteiger partial charge in [-0.25, -0.2) is 0 Å². The Balaban J connectivity index is 1.93. The van der Waals surface area contributed by atoms with Crippen molar-refractivity contribution in [3.8, 4) is 5.75 Å². The summed E-state index contributed by atoms with van der Waals surface area (Å²) in [6.07, 6.45) is 6.45. The highest BCUT2D eigenvalue weighted by Gasteiger charge is 2.27. The van der Waals surface area contributed by atoms with Crippen molar-refractivity contribution in [2.24, 2.45) is 0 Å². The highest BCUT2D eigenvalue weighted by atomic mass is 32.1. The largest absolute Gasteiger partial charge is 0.491 e. The van der Waals surface area contributed by atoms with Crippen molar-refractivity contribution in [2.45, 2.75) is 64.5 Å². The molecule has 0 atom stereocenters. The lowest BCUT2D eigenvalue weighted by atomic mass is 9.83. The molecule has 1 aromatic carbocycles. The van der Waals surface area contributed by atoms with E-state index >= 15 is 0 Å². The molecular formula is C17H26N2OS. The number of hydrogen-bond donors (Lipinski definition) is 2. The van der Waals surface area contributed by atoms with E-state index in [4.69, 9.17) is 17.0 Å². The number of ether oxygens (including phenoxy) is 1. The Bertz CT molecular complexity index is 481. The van der Waals surface area contributed by atoms with Gasteiger partial charge in [-0.1, -0.05) is 25.3 Å². The summed E-state index contributed by atoms with van der Waals surface area (Å²) in [6.45, 7) is 6.31. The van der Waals surface area contributed by atoms with Gasteiger partial charge >= 0.3 is 0 Å². The maximum atomic E-state index is 5.70. The van der Waals surface area contributed by atoms with Crippen molar-refractivity contribution in [1.29, 1.82) is 0 Å². The summed E-state index contributed by atoms with van der Waals surface area (Å²) < 4.78 is 5.70. The van der Waals surface area contributed by atoms with E-state index in [1.807, 2.05) is 38.1 Å². The monoisotopic (exact) mass is 306 g/mol. The predicted molar refractivity (Wildman–Crippen MR) is 93.1 cm³/mol. The maximum absolute atomic E-state index is 5.70. The van der Waals surface area contributed by atoms with Crippen LogP contribution in [0.25, 0.3) is 0 Å². The molecule has 0 heterocycles. The van der Waals surface area contributed by atoms with E-state index in [1.165, 1.54) is 32.1 Å². The molecule has 1 fully saturated rings. The number of benzene rings is 1. The first-order chi connectivity index (χ1) is 9.97. The van der Waals surface area contributed by atoms with Crippen LogP contribution in [-0.4, -0.2) is 16.8 Å². The summed E-state index contributed by atoms with van der Waals surface area (Å²) in [5, 5.41) is 7.45. The van der Waals surface area contributed by atoms with Crippen molar-refractivity contribution in [2.75, 3.05) is 5.32 Å². The second-order valence-corrected chi connectivity index (χ2v) is 6.80. The quantitative estimate of drug-likeness (QED) is 0.803. The van der Waals surface area contributed by atoms with Gasteiger partial charge in [0.1, 0.15) is 5.75 Å². The minimum Gasteiger partial charge on any atom is -0.491 e. The maximum Gasteiger partial charge on any atom is 0.171 e. The molecule has 1 aromatic rings. The van der Waals surface area contributed by atoms with E-state index in [9.17, 15) is 0 Å². The first-order valence-corrected chi connectivity index (χ1v) is 8.24. The molecule has 0 spiro atoms. The SMILES string of the molecule is CC(C)Oc1cccc(NC(=S)NC2(C)CCCCC2)c1. The summed E-state index contributed by atoms with van der Waals surface area (Å²) in [5.74, 6) is 0.863. The fraction of sp³-hybridized carbons (Fsp3) is 0.588. The fourth-order valence-corrected chi connectivity index (χ4v) is 3.18. The van der Waals surface area contributed by atoms with E-state index in [1.54, 1.807) is 0 Å².